The van der Waals surface area contributed by atoms with E-state index < -0.39 is 0 Å². The Bertz CT molecular complexity index is 574. The maximum absolute atomic E-state index is 13.9. The number of para-hydroxylation sites is 1. The molecule has 4 heteroatoms. The van der Waals surface area contributed by atoms with Gasteiger partial charge in [-0.15, -0.1) is 0 Å². The Balaban J connectivity index is 2.23. The van der Waals surface area contributed by atoms with Gasteiger partial charge < -0.3 is 10.1 Å². The first-order chi connectivity index (χ1) is 9.72. The highest BCUT2D eigenvalue weighted by atomic mass is 35.5. The third-order valence-electron chi connectivity index (χ3n) is 2.86. The van der Waals surface area contributed by atoms with Crippen LogP contribution in [0.4, 0.5) is 4.39 Å². The molecule has 0 atom stereocenters. The van der Waals surface area contributed by atoms with Gasteiger partial charge in [0.25, 0.3) is 0 Å². The molecular formula is C16H17ClFNO. The van der Waals surface area contributed by atoms with E-state index in [1.807, 2.05) is 12.1 Å². The number of benzene rings is 2. The van der Waals surface area contributed by atoms with Gasteiger partial charge in [-0.25, -0.2) is 4.39 Å². The zero-order chi connectivity index (χ0) is 14.4. The normalized spacial score (nSPS) is 10.6. The van der Waals surface area contributed by atoms with E-state index in [0.29, 0.717) is 28.6 Å². The molecule has 0 aromatic heterocycles. The van der Waals surface area contributed by atoms with E-state index in [4.69, 9.17) is 16.3 Å². The van der Waals surface area contributed by atoms with Crippen molar-refractivity contribution in [3.63, 3.8) is 0 Å². The highest BCUT2D eigenvalue weighted by Crippen LogP contribution is 2.31. The summed E-state index contributed by atoms with van der Waals surface area (Å²) in [4.78, 5) is 0. The summed E-state index contributed by atoms with van der Waals surface area (Å²) in [6, 6.07) is 12.0. The summed E-state index contributed by atoms with van der Waals surface area (Å²) in [6.45, 7) is 3.33. The molecule has 0 fully saturated rings. The Kier molecular flexibility index (Phi) is 5.39. The minimum atomic E-state index is -0.279. The molecule has 106 valence electrons. The summed E-state index contributed by atoms with van der Waals surface area (Å²) in [7, 11) is 0. The molecule has 0 saturated carbocycles. The van der Waals surface area contributed by atoms with Crippen LogP contribution in [0.2, 0.25) is 5.02 Å². The van der Waals surface area contributed by atoms with Crippen LogP contribution in [0.1, 0.15) is 18.9 Å². The van der Waals surface area contributed by atoms with Crippen LogP contribution in [0.25, 0.3) is 0 Å². The number of ether oxygens (including phenoxy) is 1. The second-order valence-corrected chi connectivity index (χ2v) is 4.83. The quantitative estimate of drug-likeness (QED) is 0.775. The molecule has 2 aromatic carbocycles. The van der Waals surface area contributed by atoms with Crippen LogP contribution in [0.15, 0.2) is 42.5 Å². The first-order valence-corrected chi connectivity index (χ1v) is 7.00. The predicted octanol–water partition coefficient (Wildman–Crippen LogP) is 4.77. The van der Waals surface area contributed by atoms with Crippen molar-refractivity contribution in [3.8, 4) is 11.5 Å². The summed E-state index contributed by atoms with van der Waals surface area (Å²) < 4.78 is 19.7. The molecule has 0 heterocycles. The Morgan fingerprint density at radius 2 is 1.85 bits per heavy atom. The van der Waals surface area contributed by atoms with E-state index in [2.05, 4.69) is 12.2 Å². The first-order valence-electron chi connectivity index (χ1n) is 6.63. The molecule has 0 spiro atoms. The molecule has 0 bridgehead atoms. The smallest absolute Gasteiger partial charge is 0.146 e. The molecule has 0 amide bonds. The molecule has 2 rings (SSSR count). The maximum Gasteiger partial charge on any atom is 0.146 e. The van der Waals surface area contributed by atoms with Gasteiger partial charge in [-0.05, 0) is 37.2 Å². The fourth-order valence-electron chi connectivity index (χ4n) is 1.84. The third kappa shape index (κ3) is 3.71. The van der Waals surface area contributed by atoms with Crippen LogP contribution in [0.5, 0.6) is 11.5 Å². The number of rotatable bonds is 6. The van der Waals surface area contributed by atoms with Crippen molar-refractivity contribution in [2.75, 3.05) is 6.54 Å². The zero-order valence-corrected chi connectivity index (χ0v) is 12.1. The van der Waals surface area contributed by atoms with Gasteiger partial charge in [-0.1, -0.05) is 36.7 Å². The van der Waals surface area contributed by atoms with Crippen molar-refractivity contribution in [1.29, 1.82) is 0 Å². The minimum Gasteiger partial charge on any atom is -0.455 e. The van der Waals surface area contributed by atoms with Gasteiger partial charge in [0, 0.05) is 12.1 Å². The molecule has 20 heavy (non-hydrogen) atoms. The Labute approximate surface area is 123 Å². The molecule has 0 saturated heterocycles. The monoisotopic (exact) mass is 293 g/mol. The number of nitrogens with one attached hydrogen (secondary N) is 1. The Morgan fingerprint density at radius 1 is 1.10 bits per heavy atom. The van der Waals surface area contributed by atoms with E-state index in [1.165, 1.54) is 6.07 Å². The zero-order valence-electron chi connectivity index (χ0n) is 11.3. The summed E-state index contributed by atoms with van der Waals surface area (Å²) in [5, 5.41) is 3.68. The van der Waals surface area contributed by atoms with Crippen molar-refractivity contribution in [2.45, 2.75) is 19.9 Å². The summed E-state index contributed by atoms with van der Waals surface area (Å²) >= 11 is 6.06. The molecule has 0 radical (unpaired) electrons. The minimum absolute atomic E-state index is 0.279. The fourth-order valence-corrected chi connectivity index (χ4v) is 2.02. The SMILES string of the molecule is CCCNCc1c(F)cccc1Oc1ccccc1Cl. The second-order valence-electron chi connectivity index (χ2n) is 4.43. The van der Waals surface area contributed by atoms with E-state index in [0.717, 1.165) is 13.0 Å². The lowest BCUT2D eigenvalue weighted by Crippen LogP contribution is -2.15. The van der Waals surface area contributed by atoms with Gasteiger partial charge in [0.15, 0.2) is 0 Å². The van der Waals surface area contributed by atoms with Crippen LogP contribution in [-0.2, 0) is 6.54 Å². The van der Waals surface area contributed by atoms with Crippen molar-refractivity contribution >= 4 is 11.6 Å². The Hall–Kier alpha value is -1.58. The van der Waals surface area contributed by atoms with Gasteiger partial charge in [-0.3, -0.25) is 0 Å². The summed E-state index contributed by atoms with van der Waals surface area (Å²) in [6.07, 6.45) is 0.995. The van der Waals surface area contributed by atoms with Crippen LogP contribution in [0.3, 0.4) is 0 Å². The van der Waals surface area contributed by atoms with Crippen LogP contribution < -0.4 is 10.1 Å². The molecular weight excluding hydrogens is 277 g/mol. The lowest BCUT2D eigenvalue weighted by molar-refractivity contribution is 0.462. The van der Waals surface area contributed by atoms with Crippen LogP contribution >= 0.6 is 11.6 Å². The average Bonchev–Trinajstić information content (AvgIpc) is 2.44. The van der Waals surface area contributed by atoms with Gasteiger partial charge >= 0.3 is 0 Å². The van der Waals surface area contributed by atoms with E-state index in [1.54, 1.807) is 24.3 Å². The molecule has 2 aromatic rings. The third-order valence-corrected chi connectivity index (χ3v) is 3.17. The largest absolute Gasteiger partial charge is 0.455 e. The molecule has 2 nitrogen and oxygen atoms in total. The van der Waals surface area contributed by atoms with Crippen LogP contribution in [-0.4, -0.2) is 6.54 Å². The summed E-state index contributed by atoms with van der Waals surface area (Å²) in [5.41, 5.74) is 0.515. The van der Waals surface area contributed by atoms with Crippen molar-refractivity contribution in [1.82, 2.24) is 5.32 Å². The van der Waals surface area contributed by atoms with Crippen molar-refractivity contribution in [2.24, 2.45) is 0 Å². The van der Waals surface area contributed by atoms with E-state index >= 15 is 0 Å². The average molecular weight is 294 g/mol. The maximum atomic E-state index is 13.9. The van der Waals surface area contributed by atoms with Gasteiger partial charge in [0.2, 0.25) is 0 Å². The van der Waals surface area contributed by atoms with Gasteiger partial charge in [0.05, 0.1) is 5.02 Å². The number of hydrogen-bond donors (Lipinski definition) is 1. The van der Waals surface area contributed by atoms with Crippen LogP contribution in [0, 0.1) is 5.82 Å². The van der Waals surface area contributed by atoms with Gasteiger partial charge in [-0.2, -0.15) is 0 Å². The lowest BCUT2D eigenvalue weighted by atomic mass is 10.2. The number of halogens is 2. The topological polar surface area (TPSA) is 21.3 Å². The fraction of sp³-hybridized carbons (Fsp3) is 0.250. The predicted molar refractivity (Wildman–Crippen MR) is 79.9 cm³/mol. The molecule has 0 unspecified atom stereocenters. The molecule has 0 aliphatic heterocycles. The first kappa shape index (κ1) is 14.8. The van der Waals surface area contributed by atoms with E-state index in [9.17, 15) is 4.39 Å². The summed E-state index contributed by atoms with van der Waals surface area (Å²) in [5.74, 6) is 0.733. The highest BCUT2D eigenvalue weighted by Gasteiger charge is 2.11. The second kappa shape index (κ2) is 7.27. The molecule has 0 aliphatic carbocycles. The highest BCUT2D eigenvalue weighted by molar-refractivity contribution is 6.32. The van der Waals surface area contributed by atoms with E-state index in [-0.39, 0.29) is 5.82 Å². The standard InChI is InChI=1S/C16H17ClFNO/c1-2-10-19-11-12-14(18)7-5-9-15(12)20-16-8-4-3-6-13(16)17/h3-9,19H,2,10-11H2,1H3. The Morgan fingerprint density at radius 3 is 2.60 bits per heavy atom. The van der Waals surface area contributed by atoms with Crippen molar-refractivity contribution in [3.05, 3.63) is 58.9 Å². The van der Waals surface area contributed by atoms with Crippen molar-refractivity contribution < 1.29 is 9.13 Å². The molecule has 0 aliphatic rings. The lowest BCUT2D eigenvalue weighted by Gasteiger charge is -2.13. The van der Waals surface area contributed by atoms with Gasteiger partial charge in [0.1, 0.15) is 17.3 Å². The number of hydrogen-bond acceptors (Lipinski definition) is 2. The molecule has 1 N–H and O–H groups in total.